The van der Waals surface area contributed by atoms with Crippen molar-refractivity contribution in [2.45, 2.75) is 64.3 Å². The maximum atomic E-state index is 11.9. The predicted octanol–water partition coefficient (Wildman–Crippen LogP) is 1.95. The molecule has 0 saturated carbocycles. The molecule has 0 aromatic rings. The number of hydrogen-bond acceptors (Lipinski definition) is 11. The van der Waals surface area contributed by atoms with Crippen molar-refractivity contribution in [3.8, 4) is 0 Å². The van der Waals surface area contributed by atoms with Gasteiger partial charge in [-0.15, -0.1) is 12.4 Å². The lowest BCUT2D eigenvalue weighted by atomic mass is 10.1. The quantitative estimate of drug-likeness (QED) is 0.0505. The van der Waals surface area contributed by atoms with Crippen LogP contribution >= 0.6 is 12.4 Å². The lowest BCUT2D eigenvalue weighted by Crippen LogP contribution is -2.48. The third-order valence-electron chi connectivity index (χ3n) is 6.48. The molecule has 0 aliphatic heterocycles. The van der Waals surface area contributed by atoms with E-state index in [9.17, 15) is 4.79 Å². The molecule has 0 rings (SSSR count). The van der Waals surface area contributed by atoms with Gasteiger partial charge in [0.15, 0.2) is 0 Å². The molecular formula is C29H66ClN5O7Si. The molecule has 260 valence electrons. The first-order valence-electron chi connectivity index (χ1n) is 16.1. The maximum Gasteiger partial charge on any atom is 0.501 e. The van der Waals surface area contributed by atoms with Crippen LogP contribution in [-0.4, -0.2) is 135 Å². The first-order valence-corrected chi connectivity index (χ1v) is 18.1. The van der Waals surface area contributed by atoms with E-state index >= 15 is 0 Å². The van der Waals surface area contributed by atoms with E-state index in [4.69, 9.17) is 27.5 Å². The average molecular weight is 660 g/mol. The van der Waals surface area contributed by atoms with Gasteiger partial charge in [0.05, 0.1) is 39.6 Å². The normalized spacial score (nSPS) is 11.5. The fourth-order valence-electron chi connectivity index (χ4n) is 4.09. The zero-order chi connectivity index (χ0) is 30.8. The summed E-state index contributed by atoms with van der Waals surface area (Å²) in [5, 5.41) is 16.7. The van der Waals surface area contributed by atoms with Gasteiger partial charge in [0.1, 0.15) is 0 Å². The molecule has 0 radical (unpaired) electrons. The lowest BCUT2D eigenvalue weighted by molar-refractivity contribution is -0.121. The summed E-state index contributed by atoms with van der Waals surface area (Å²) in [7, 11) is 2.10. The number of ether oxygens (including phenoxy) is 3. The van der Waals surface area contributed by atoms with Gasteiger partial charge in [-0.2, -0.15) is 0 Å². The molecule has 0 saturated heterocycles. The standard InChI is InChI=1S/C29H65N5O7Si.ClH/c1-5-6-7-8-9-10-12-29(35)34-21-20-33-19-18-32-17-16-31-15-14-30-13-11-28-42(39-25-22-36-2,40-26-23-37-3)41-27-24-38-4;/h30-33H,5-28H2,1-4H3,(H,34,35);1H. The minimum absolute atomic E-state index is 0. The number of rotatable bonds is 35. The van der Waals surface area contributed by atoms with E-state index in [1.807, 2.05) is 0 Å². The Balaban J connectivity index is 0. The number of methoxy groups -OCH3 is 3. The van der Waals surface area contributed by atoms with E-state index in [1.54, 1.807) is 21.3 Å². The van der Waals surface area contributed by atoms with Crippen molar-refractivity contribution in [1.82, 2.24) is 26.6 Å². The summed E-state index contributed by atoms with van der Waals surface area (Å²) in [6.07, 6.45) is 8.79. The summed E-state index contributed by atoms with van der Waals surface area (Å²) in [5.41, 5.74) is 0. The first kappa shape index (κ1) is 44.7. The van der Waals surface area contributed by atoms with Gasteiger partial charge in [-0.3, -0.25) is 4.79 Å². The van der Waals surface area contributed by atoms with Gasteiger partial charge in [-0.1, -0.05) is 39.0 Å². The zero-order valence-corrected chi connectivity index (χ0v) is 29.6. The molecule has 0 aliphatic rings. The van der Waals surface area contributed by atoms with Gasteiger partial charge in [0, 0.05) is 86.2 Å². The van der Waals surface area contributed by atoms with Gasteiger partial charge in [0.25, 0.3) is 0 Å². The third kappa shape index (κ3) is 31.4. The molecular weight excluding hydrogens is 594 g/mol. The van der Waals surface area contributed by atoms with E-state index in [2.05, 4.69) is 33.5 Å². The zero-order valence-electron chi connectivity index (χ0n) is 27.7. The van der Waals surface area contributed by atoms with Gasteiger partial charge < -0.3 is 54.1 Å². The third-order valence-corrected chi connectivity index (χ3v) is 9.38. The van der Waals surface area contributed by atoms with E-state index in [0.29, 0.717) is 58.7 Å². The summed E-state index contributed by atoms with van der Waals surface area (Å²) in [6, 6.07) is 0.716. The van der Waals surface area contributed by atoms with Crippen molar-refractivity contribution >= 4 is 27.1 Å². The van der Waals surface area contributed by atoms with Crippen LogP contribution in [-0.2, 0) is 32.3 Å². The van der Waals surface area contributed by atoms with Gasteiger partial charge >= 0.3 is 8.80 Å². The smallest absolute Gasteiger partial charge is 0.382 e. The van der Waals surface area contributed by atoms with Crippen molar-refractivity contribution < 1.29 is 32.3 Å². The molecule has 14 heteroatoms. The highest BCUT2D eigenvalue weighted by Crippen LogP contribution is 2.18. The second kappa shape index (κ2) is 36.0. The molecule has 12 nitrogen and oxygen atoms in total. The molecule has 0 fully saturated rings. The Bertz CT molecular complexity index is 551. The average Bonchev–Trinajstić information content (AvgIpc) is 2.99. The molecule has 0 bridgehead atoms. The highest BCUT2D eigenvalue weighted by Gasteiger charge is 2.40. The van der Waals surface area contributed by atoms with Crippen molar-refractivity contribution in [1.29, 1.82) is 0 Å². The summed E-state index contributed by atoms with van der Waals surface area (Å²) >= 11 is 0. The van der Waals surface area contributed by atoms with Crippen LogP contribution in [0.2, 0.25) is 6.04 Å². The molecule has 0 unspecified atom stereocenters. The highest BCUT2D eigenvalue weighted by atomic mass is 35.5. The van der Waals surface area contributed by atoms with Gasteiger partial charge in [0.2, 0.25) is 5.91 Å². The molecule has 0 aromatic carbocycles. The SMILES string of the molecule is CCCCCCCCC(=O)NCCNCCNCCNCCNCCC[Si](OCCOC)(OCCOC)OCCOC.Cl. The van der Waals surface area contributed by atoms with Crippen LogP contribution in [0.15, 0.2) is 0 Å². The Morgan fingerprint density at radius 2 is 0.953 bits per heavy atom. The maximum absolute atomic E-state index is 11.9. The molecule has 0 aliphatic carbocycles. The number of halogens is 1. The van der Waals surface area contributed by atoms with Crippen LogP contribution < -0.4 is 26.6 Å². The van der Waals surface area contributed by atoms with E-state index in [1.165, 1.54) is 25.7 Å². The summed E-state index contributed by atoms with van der Waals surface area (Å²) in [6.45, 7) is 12.8. The molecule has 0 atom stereocenters. The number of amides is 1. The number of carbonyl (C=O) groups is 1. The Hall–Kier alpha value is -0.423. The Kier molecular flexibility index (Phi) is 37.5. The Labute approximate surface area is 269 Å². The number of nitrogens with one attached hydrogen (secondary N) is 5. The Morgan fingerprint density at radius 1 is 0.535 bits per heavy atom. The monoisotopic (exact) mass is 659 g/mol. The van der Waals surface area contributed by atoms with Crippen LogP contribution in [0, 0.1) is 0 Å². The van der Waals surface area contributed by atoms with Crippen LogP contribution in [0.3, 0.4) is 0 Å². The topological polar surface area (TPSA) is 133 Å². The van der Waals surface area contributed by atoms with Crippen LogP contribution in [0.4, 0.5) is 0 Å². The Morgan fingerprint density at radius 3 is 1.42 bits per heavy atom. The van der Waals surface area contributed by atoms with Gasteiger partial charge in [-0.05, 0) is 19.4 Å². The molecule has 0 heterocycles. The molecule has 5 N–H and O–H groups in total. The van der Waals surface area contributed by atoms with E-state index < -0.39 is 8.80 Å². The van der Waals surface area contributed by atoms with Crippen LogP contribution in [0.25, 0.3) is 0 Å². The largest absolute Gasteiger partial charge is 0.501 e. The minimum atomic E-state index is -2.86. The molecule has 43 heavy (non-hydrogen) atoms. The van der Waals surface area contributed by atoms with Gasteiger partial charge in [-0.25, -0.2) is 0 Å². The number of unbranched alkanes of at least 4 members (excludes halogenated alkanes) is 5. The lowest BCUT2D eigenvalue weighted by Gasteiger charge is -2.29. The van der Waals surface area contributed by atoms with Crippen molar-refractivity contribution in [3.63, 3.8) is 0 Å². The fourth-order valence-corrected chi connectivity index (χ4v) is 6.56. The van der Waals surface area contributed by atoms with Crippen LogP contribution in [0.5, 0.6) is 0 Å². The predicted molar refractivity (Wildman–Crippen MR) is 178 cm³/mol. The van der Waals surface area contributed by atoms with E-state index in [0.717, 1.165) is 71.6 Å². The molecule has 1 amide bonds. The van der Waals surface area contributed by atoms with Crippen molar-refractivity contribution in [3.05, 3.63) is 0 Å². The second-order valence-corrected chi connectivity index (χ2v) is 12.9. The number of carbonyl (C=O) groups excluding carboxylic acids is 1. The first-order chi connectivity index (χ1) is 20.6. The highest BCUT2D eigenvalue weighted by molar-refractivity contribution is 6.60. The molecule has 0 aromatic heterocycles. The summed E-state index contributed by atoms with van der Waals surface area (Å²) in [5.74, 6) is 0.173. The summed E-state index contributed by atoms with van der Waals surface area (Å²) < 4.78 is 33.8. The summed E-state index contributed by atoms with van der Waals surface area (Å²) in [4.78, 5) is 11.9. The minimum Gasteiger partial charge on any atom is -0.382 e. The van der Waals surface area contributed by atoms with Crippen LogP contribution in [0.1, 0.15) is 58.3 Å². The second-order valence-electron chi connectivity index (χ2n) is 10.2. The van der Waals surface area contributed by atoms with E-state index in [-0.39, 0.29) is 18.3 Å². The number of hydrogen-bond donors (Lipinski definition) is 5. The van der Waals surface area contributed by atoms with Crippen molar-refractivity contribution in [2.24, 2.45) is 0 Å². The molecule has 0 spiro atoms. The van der Waals surface area contributed by atoms with Crippen molar-refractivity contribution in [2.75, 3.05) is 120 Å². The fraction of sp³-hybridized carbons (Fsp3) is 0.966.